The maximum atomic E-state index is 12.3. The lowest BCUT2D eigenvalue weighted by atomic mass is 10.1. The van der Waals surface area contributed by atoms with Gasteiger partial charge in [0.2, 0.25) is 11.7 Å². The van der Waals surface area contributed by atoms with Gasteiger partial charge in [0.1, 0.15) is 0 Å². The van der Waals surface area contributed by atoms with Crippen molar-refractivity contribution in [3.05, 3.63) is 86.0 Å². The van der Waals surface area contributed by atoms with Gasteiger partial charge in [-0.15, -0.1) is 0 Å². The molecule has 0 spiro atoms. The number of hydrogen-bond donors (Lipinski definition) is 1. The molecule has 198 valence electrons. The van der Waals surface area contributed by atoms with Crippen LogP contribution in [0.1, 0.15) is 18.1 Å². The Bertz CT molecular complexity index is 1370. The normalized spacial score (nSPS) is 10.6. The molecule has 3 aromatic carbocycles. The summed E-state index contributed by atoms with van der Waals surface area (Å²) in [4.78, 5) is 33.2. The Labute approximate surface area is 216 Å². The third kappa shape index (κ3) is 6.94. The molecule has 13 heteroatoms. The highest BCUT2D eigenvalue weighted by Gasteiger charge is 2.22. The molecule has 1 amide bonds. The number of nitrogens with zero attached hydrogens (tertiary/aromatic N) is 3. The van der Waals surface area contributed by atoms with E-state index >= 15 is 0 Å². The molecule has 0 saturated heterocycles. The molecule has 0 unspecified atom stereocenters. The van der Waals surface area contributed by atoms with E-state index < -0.39 is 21.2 Å². The highest BCUT2D eigenvalue weighted by Crippen LogP contribution is 2.38. The fraction of sp³-hybridized carbons (Fsp3) is 0.200. The molecule has 0 heterocycles. The highest BCUT2D eigenvalue weighted by atomic mass is 16.6. The average molecular weight is 524 g/mol. The van der Waals surface area contributed by atoms with Gasteiger partial charge in [0.15, 0.2) is 23.0 Å². The van der Waals surface area contributed by atoms with E-state index in [-0.39, 0.29) is 36.2 Å². The molecule has 0 fully saturated rings. The number of methoxy groups -OCH3 is 2. The molecule has 0 radical (unpaired) electrons. The average Bonchev–Trinajstić information content (AvgIpc) is 2.90. The Morgan fingerprint density at radius 2 is 1.61 bits per heavy atom. The molecule has 38 heavy (non-hydrogen) atoms. The van der Waals surface area contributed by atoms with E-state index in [1.54, 1.807) is 37.3 Å². The van der Waals surface area contributed by atoms with Crippen LogP contribution in [0.4, 0.5) is 11.4 Å². The Hall–Kier alpha value is -5.20. The number of benzene rings is 3. The lowest BCUT2D eigenvalue weighted by molar-refractivity contribution is -0.394. The minimum Gasteiger partial charge on any atom is -0.493 e. The maximum Gasteiger partial charge on any atom is 0.318 e. The van der Waals surface area contributed by atoms with Gasteiger partial charge in [-0.1, -0.05) is 6.07 Å². The molecule has 0 saturated carbocycles. The lowest BCUT2D eigenvalue weighted by Gasteiger charge is -2.12. The zero-order valence-electron chi connectivity index (χ0n) is 20.7. The largest absolute Gasteiger partial charge is 0.493 e. The van der Waals surface area contributed by atoms with Gasteiger partial charge in [-0.2, -0.15) is 5.10 Å². The zero-order chi connectivity index (χ0) is 27.7. The second kappa shape index (κ2) is 12.7. The number of hydrogen-bond acceptors (Lipinski definition) is 10. The standard InChI is InChI=1S/C25H24N4O9/c1-4-37-24-12-17(15-26-27-25(30)13-16-5-8-21(35-2)23(11-16)36-3)6-9-22(24)38-20-10-7-18(28(31)32)14-19(20)29(33)34/h5-12,14-15H,4,13H2,1-3H3,(H,27,30)/b26-15+. The Balaban J connectivity index is 1.72. The minimum absolute atomic E-state index is 0.0582. The number of nitro groups is 2. The van der Waals surface area contributed by atoms with Crippen LogP contribution in [0.3, 0.4) is 0 Å². The van der Waals surface area contributed by atoms with Gasteiger partial charge in [-0.05, 0) is 54.4 Å². The SMILES string of the molecule is CCOc1cc(/C=N/NC(=O)Cc2ccc(OC)c(OC)c2)ccc1Oc1ccc([N+](=O)[O-])cc1[N+](=O)[O-]. The van der Waals surface area contributed by atoms with Gasteiger partial charge in [0, 0.05) is 6.07 Å². The first kappa shape index (κ1) is 27.4. The van der Waals surface area contributed by atoms with Crippen molar-refractivity contribution >= 4 is 23.5 Å². The zero-order valence-corrected chi connectivity index (χ0v) is 20.7. The lowest BCUT2D eigenvalue weighted by Crippen LogP contribution is -2.19. The number of nitrogens with one attached hydrogen (secondary N) is 1. The van der Waals surface area contributed by atoms with Crippen molar-refractivity contribution in [3.8, 4) is 28.7 Å². The summed E-state index contributed by atoms with van der Waals surface area (Å²) < 4.78 is 21.7. The van der Waals surface area contributed by atoms with Gasteiger partial charge < -0.3 is 18.9 Å². The smallest absolute Gasteiger partial charge is 0.318 e. The van der Waals surface area contributed by atoms with Crippen LogP contribution in [0.2, 0.25) is 0 Å². The molecule has 1 N–H and O–H groups in total. The molecule has 3 rings (SSSR count). The predicted octanol–water partition coefficient (Wildman–Crippen LogP) is 4.40. The number of carbonyl (C=O) groups excluding carboxylic acids is 1. The van der Waals surface area contributed by atoms with E-state index in [4.69, 9.17) is 18.9 Å². The van der Waals surface area contributed by atoms with Crippen molar-refractivity contribution in [2.45, 2.75) is 13.3 Å². The van der Waals surface area contributed by atoms with E-state index in [2.05, 4.69) is 10.5 Å². The number of nitro benzene ring substituents is 2. The molecule has 0 aliphatic rings. The number of rotatable bonds is 12. The molecule has 0 aliphatic carbocycles. The highest BCUT2D eigenvalue weighted by molar-refractivity contribution is 5.84. The van der Waals surface area contributed by atoms with E-state index in [0.29, 0.717) is 22.6 Å². The number of ether oxygens (including phenoxy) is 4. The molecule has 0 aliphatic heterocycles. The third-order valence-corrected chi connectivity index (χ3v) is 5.05. The Morgan fingerprint density at radius 1 is 0.895 bits per heavy atom. The van der Waals surface area contributed by atoms with Crippen LogP contribution in [0.15, 0.2) is 59.7 Å². The Morgan fingerprint density at radius 3 is 2.26 bits per heavy atom. The van der Waals surface area contributed by atoms with Crippen molar-refractivity contribution in [1.29, 1.82) is 0 Å². The first-order valence-corrected chi connectivity index (χ1v) is 11.2. The summed E-state index contributed by atoms with van der Waals surface area (Å²) >= 11 is 0. The summed E-state index contributed by atoms with van der Waals surface area (Å²) in [7, 11) is 3.03. The number of hydrazone groups is 1. The van der Waals surface area contributed by atoms with E-state index in [9.17, 15) is 25.0 Å². The number of carbonyl (C=O) groups is 1. The topological polar surface area (TPSA) is 165 Å². The molecule has 0 bridgehead atoms. The molecule has 3 aromatic rings. The van der Waals surface area contributed by atoms with Crippen molar-refractivity contribution in [2.75, 3.05) is 20.8 Å². The van der Waals surface area contributed by atoms with Gasteiger partial charge in [0.25, 0.3) is 5.69 Å². The van der Waals surface area contributed by atoms with Gasteiger partial charge in [0.05, 0.1) is 49.4 Å². The van der Waals surface area contributed by atoms with Crippen LogP contribution in [-0.4, -0.2) is 42.8 Å². The molecule has 13 nitrogen and oxygen atoms in total. The summed E-state index contributed by atoms with van der Waals surface area (Å²) in [5, 5.41) is 26.3. The summed E-state index contributed by atoms with van der Waals surface area (Å²) in [5.74, 6) is 0.912. The monoisotopic (exact) mass is 524 g/mol. The summed E-state index contributed by atoms with van der Waals surface area (Å²) in [6, 6.07) is 12.9. The van der Waals surface area contributed by atoms with Crippen LogP contribution in [0, 0.1) is 20.2 Å². The van der Waals surface area contributed by atoms with Crippen molar-refractivity contribution in [3.63, 3.8) is 0 Å². The first-order valence-electron chi connectivity index (χ1n) is 11.2. The summed E-state index contributed by atoms with van der Waals surface area (Å²) in [5.41, 5.74) is 2.69. The predicted molar refractivity (Wildman–Crippen MR) is 136 cm³/mol. The molecule has 0 aromatic heterocycles. The van der Waals surface area contributed by atoms with Crippen LogP contribution in [0.25, 0.3) is 0 Å². The van der Waals surface area contributed by atoms with Crippen LogP contribution in [0.5, 0.6) is 28.7 Å². The summed E-state index contributed by atoms with van der Waals surface area (Å²) in [6.07, 6.45) is 1.45. The van der Waals surface area contributed by atoms with Crippen LogP contribution >= 0.6 is 0 Å². The molecular weight excluding hydrogens is 500 g/mol. The van der Waals surface area contributed by atoms with Gasteiger partial charge in [-0.3, -0.25) is 25.0 Å². The van der Waals surface area contributed by atoms with Crippen LogP contribution in [-0.2, 0) is 11.2 Å². The maximum absolute atomic E-state index is 12.3. The fourth-order valence-electron chi connectivity index (χ4n) is 3.32. The van der Waals surface area contributed by atoms with Crippen LogP contribution < -0.4 is 24.4 Å². The van der Waals surface area contributed by atoms with E-state index in [1.165, 1.54) is 26.5 Å². The van der Waals surface area contributed by atoms with Crippen molar-refractivity contribution in [2.24, 2.45) is 5.10 Å². The number of amides is 1. The van der Waals surface area contributed by atoms with Gasteiger partial charge in [-0.25, -0.2) is 5.43 Å². The summed E-state index contributed by atoms with van der Waals surface area (Å²) in [6.45, 7) is 2.01. The minimum atomic E-state index is -0.769. The van der Waals surface area contributed by atoms with E-state index in [1.807, 2.05) is 0 Å². The fourth-order valence-corrected chi connectivity index (χ4v) is 3.32. The second-order valence-electron chi connectivity index (χ2n) is 7.57. The van der Waals surface area contributed by atoms with Gasteiger partial charge >= 0.3 is 5.69 Å². The Kier molecular flexibility index (Phi) is 9.13. The van der Waals surface area contributed by atoms with Crippen molar-refractivity contribution < 1.29 is 33.6 Å². The quantitative estimate of drug-likeness (QED) is 0.205. The van der Waals surface area contributed by atoms with Crippen molar-refractivity contribution in [1.82, 2.24) is 5.43 Å². The molecule has 0 atom stereocenters. The third-order valence-electron chi connectivity index (χ3n) is 5.05. The second-order valence-corrected chi connectivity index (χ2v) is 7.57. The van der Waals surface area contributed by atoms with E-state index in [0.717, 1.165) is 18.2 Å². The first-order chi connectivity index (χ1) is 18.2. The molecular formula is C25H24N4O9. The number of non-ortho nitro benzene ring substituents is 1.